The molecule has 21 heteroatoms. The molecule has 2 unspecified atom stereocenters. The van der Waals surface area contributed by atoms with Crippen molar-refractivity contribution in [2.45, 2.75) is 155 Å². The molecule has 2 saturated carbocycles. The second-order valence-corrected chi connectivity index (χ2v) is 22.8. The molecule has 0 spiro atoms. The number of aromatic hydroxyl groups is 1. The van der Waals surface area contributed by atoms with Gasteiger partial charge in [0.1, 0.15) is 34.7 Å². The van der Waals surface area contributed by atoms with Crippen molar-refractivity contribution in [3.8, 4) is 11.6 Å². The molecule has 21 nitrogen and oxygen atoms in total. The molecule has 2 aliphatic carbocycles. The summed E-state index contributed by atoms with van der Waals surface area (Å²) in [5.74, 6) is 0.284. The number of amides is 4. The number of nitrogens with zero attached hydrogens (tertiary/aromatic N) is 5. The summed E-state index contributed by atoms with van der Waals surface area (Å²) in [4.78, 5) is 74.4. The lowest BCUT2D eigenvalue weighted by Crippen LogP contribution is -2.56. The average molecular weight is 1140 g/mol. The number of hydrogen-bond donors (Lipinski definition) is 7. The Morgan fingerprint density at radius 1 is 0.939 bits per heavy atom. The molecule has 3 aliphatic heterocycles. The van der Waals surface area contributed by atoms with E-state index >= 15 is 0 Å². The summed E-state index contributed by atoms with van der Waals surface area (Å²) in [7, 11) is 5.63. The molecule has 82 heavy (non-hydrogen) atoms. The van der Waals surface area contributed by atoms with E-state index < -0.39 is 28.9 Å². The highest BCUT2D eigenvalue weighted by Crippen LogP contribution is 2.43. The van der Waals surface area contributed by atoms with Crippen molar-refractivity contribution in [2.24, 2.45) is 5.41 Å². The van der Waals surface area contributed by atoms with Gasteiger partial charge in [0.05, 0.1) is 30.7 Å². The van der Waals surface area contributed by atoms with Crippen molar-refractivity contribution in [2.75, 3.05) is 77.3 Å². The zero-order valence-corrected chi connectivity index (χ0v) is 49.5. The maximum Gasteiger partial charge on any atom is 0.410 e. The second-order valence-electron chi connectivity index (χ2n) is 22.8. The van der Waals surface area contributed by atoms with Gasteiger partial charge in [0.25, 0.3) is 0 Å². The van der Waals surface area contributed by atoms with Crippen molar-refractivity contribution < 1.29 is 53.1 Å². The van der Waals surface area contributed by atoms with Crippen molar-refractivity contribution in [3.05, 3.63) is 95.6 Å². The number of likely N-dealkylation sites (tertiary alicyclic amines) is 1. The largest absolute Gasteiger partial charge is 0.507 e. The lowest BCUT2D eigenvalue weighted by atomic mass is 9.68. The molecular weight excluding hydrogens is 1050 g/mol. The second kappa shape index (κ2) is 31.4. The standard InChI is InChI=1S/C27H34N6O3.C24H37N3O5.C10H19NO3/c1-2-6-20-17-32(13-14-33(20)19-11-12-28-26(15-19)36-21-7-5-8-21)24-16-23(30-31-27(24)29-18-34)22-9-3-4-10-25(22)35;1-5-32-23(30)24(14-8-15-24)22(29)26-20(9-6-7-16-27(2)3)21(28)25-19-12-10-18(11-13-19)17-31-4;1-10(2,3)14-9(13)11-6-4-8(12)5-7-11/h3-4,9-12,15-16,18,20-21,30-31,35H,2,5-8,13-14,17H2,1H3,(H,29,34);10-13,20H,5-9,14-17H2,1-4H3,(H,25,28)(H,26,29);8,12H,4-7H2,1-3H3. The number of anilines is 2. The van der Waals surface area contributed by atoms with E-state index in [2.05, 4.69) is 65.5 Å². The lowest BCUT2D eigenvalue weighted by molar-refractivity contribution is -0.167. The average Bonchev–Trinajstić information content (AvgIpc) is 3.34. The fourth-order valence-corrected chi connectivity index (χ4v) is 10.1. The summed E-state index contributed by atoms with van der Waals surface area (Å²) in [5, 5.41) is 28.2. The molecule has 1 aromatic heterocycles. The Morgan fingerprint density at radius 3 is 2.28 bits per heavy atom. The van der Waals surface area contributed by atoms with Gasteiger partial charge in [-0.3, -0.25) is 30.0 Å². The van der Waals surface area contributed by atoms with Crippen LogP contribution in [0.1, 0.15) is 129 Å². The maximum atomic E-state index is 13.1. The number of aliphatic hydroxyl groups excluding tert-OH is 1. The number of hydrogen-bond acceptors (Lipinski definition) is 17. The van der Waals surface area contributed by atoms with Crippen LogP contribution in [0.5, 0.6) is 11.6 Å². The van der Waals surface area contributed by atoms with Crippen molar-refractivity contribution >= 4 is 47.4 Å². The number of phenols is 1. The minimum absolute atomic E-state index is 0.190. The number of carbonyl (C=O) groups excluding carboxylic acids is 5. The highest BCUT2D eigenvalue weighted by molar-refractivity contribution is 6.06. The third-order valence-corrected chi connectivity index (χ3v) is 15.0. The molecule has 4 amide bonds. The van der Waals surface area contributed by atoms with Crippen LogP contribution in [0, 0.1) is 5.41 Å². The van der Waals surface area contributed by atoms with E-state index in [-0.39, 0.29) is 36.5 Å². The molecule has 5 aliphatic rings. The summed E-state index contributed by atoms with van der Waals surface area (Å²) in [6.07, 6.45) is 15.0. The van der Waals surface area contributed by atoms with E-state index in [1.807, 2.05) is 83.5 Å². The topological polar surface area (TPSA) is 249 Å². The number of hydrazine groups is 1. The smallest absolute Gasteiger partial charge is 0.410 e. The van der Waals surface area contributed by atoms with Gasteiger partial charge in [-0.1, -0.05) is 44.0 Å². The molecule has 450 valence electrons. The van der Waals surface area contributed by atoms with E-state index in [1.54, 1.807) is 31.1 Å². The van der Waals surface area contributed by atoms with Crippen molar-refractivity contribution in [1.29, 1.82) is 0 Å². The fourth-order valence-electron chi connectivity index (χ4n) is 10.1. The van der Waals surface area contributed by atoms with E-state index in [0.29, 0.717) is 87.3 Å². The zero-order chi connectivity index (χ0) is 59.2. The van der Waals surface area contributed by atoms with Gasteiger partial charge in [-0.05, 0) is 161 Å². The van der Waals surface area contributed by atoms with Gasteiger partial charge in [0, 0.05) is 75.1 Å². The van der Waals surface area contributed by atoms with E-state index in [4.69, 9.17) is 18.9 Å². The quantitative estimate of drug-likeness (QED) is 0.0228. The Labute approximate surface area is 484 Å². The molecule has 0 radical (unpaired) electrons. The molecular formula is C61H90N10O11. The Morgan fingerprint density at radius 2 is 1.67 bits per heavy atom. The number of aromatic nitrogens is 1. The summed E-state index contributed by atoms with van der Waals surface area (Å²) in [5.41, 5.74) is 9.67. The van der Waals surface area contributed by atoms with Crippen LogP contribution < -0.4 is 36.4 Å². The van der Waals surface area contributed by atoms with Crippen molar-refractivity contribution in [1.82, 2.24) is 41.2 Å². The third kappa shape index (κ3) is 18.7. The van der Waals surface area contributed by atoms with Crippen LogP contribution in [0.25, 0.3) is 5.70 Å². The first-order chi connectivity index (χ1) is 39.4. The normalized spacial score (nSPS) is 18.2. The van der Waals surface area contributed by atoms with Crippen LogP contribution in [-0.4, -0.2) is 157 Å². The molecule has 4 fully saturated rings. The van der Waals surface area contributed by atoms with Crippen LogP contribution >= 0.6 is 0 Å². The van der Waals surface area contributed by atoms with Crippen LogP contribution in [0.3, 0.4) is 0 Å². The lowest BCUT2D eigenvalue weighted by Gasteiger charge is -2.45. The Balaban J connectivity index is 0.000000216. The minimum Gasteiger partial charge on any atom is -0.507 e. The fraction of sp³-hybridized carbons (Fsp3) is 0.574. The first-order valence-electron chi connectivity index (χ1n) is 29.1. The number of rotatable bonds is 22. The number of esters is 1. The summed E-state index contributed by atoms with van der Waals surface area (Å²) in [6.45, 7) is 14.7. The molecule has 2 saturated heterocycles. The molecule has 3 aromatic rings. The molecule has 0 bridgehead atoms. The monoisotopic (exact) mass is 1140 g/mol. The Bertz CT molecular complexity index is 2610. The van der Waals surface area contributed by atoms with Gasteiger partial charge in [-0.15, -0.1) is 0 Å². The number of methoxy groups -OCH3 is 1. The number of allylic oxidation sites excluding steroid dienone is 1. The molecule has 2 aromatic carbocycles. The molecule has 7 N–H and O–H groups in total. The van der Waals surface area contributed by atoms with Crippen LogP contribution in [0.4, 0.5) is 16.2 Å². The number of piperazine rings is 1. The number of carbonyl (C=O) groups is 5. The van der Waals surface area contributed by atoms with Gasteiger partial charge in [0.15, 0.2) is 0 Å². The van der Waals surface area contributed by atoms with Gasteiger partial charge in [-0.25, -0.2) is 9.78 Å². The Hall–Kier alpha value is -7.10. The summed E-state index contributed by atoms with van der Waals surface area (Å²) >= 11 is 0. The van der Waals surface area contributed by atoms with Gasteiger partial charge < -0.3 is 64.7 Å². The number of piperidine rings is 1. The number of phenolic OH excluding ortho intramolecular Hbond substituents is 1. The first kappa shape index (κ1) is 64.1. The van der Waals surface area contributed by atoms with E-state index in [1.165, 1.54) is 6.42 Å². The van der Waals surface area contributed by atoms with E-state index in [0.717, 1.165) is 93.8 Å². The first-order valence-corrected chi connectivity index (χ1v) is 29.1. The number of unbranched alkanes of at least 4 members (excludes halogenated alkanes) is 1. The van der Waals surface area contributed by atoms with Gasteiger partial charge in [0.2, 0.25) is 24.1 Å². The predicted octanol–water partition coefficient (Wildman–Crippen LogP) is 7.17. The summed E-state index contributed by atoms with van der Waals surface area (Å²) in [6, 6.07) is 18.3. The Kier molecular flexibility index (Phi) is 24.5. The minimum atomic E-state index is -1.17. The van der Waals surface area contributed by atoms with Crippen LogP contribution in [0.15, 0.2) is 84.5 Å². The highest BCUT2D eigenvalue weighted by Gasteiger charge is 2.53. The van der Waals surface area contributed by atoms with Crippen molar-refractivity contribution in [3.63, 3.8) is 0 Å². The van der Waals surface area contributed by atoms with Crippen LogP contribution in [-0.2, 0) is 40.0 Å². The van der Waals surface area contributed by atoms with E-state index in [9.17, 15) is 34.2 Å². The SMILES string of the molecule is CC(C)(C)OC(=O)N1CCC(O)CC1.CCCC1CN(C2=C(NC=O)NNC(c3ccccc3O)=C2)CCN1c1ccnc(OC2CCC2)c1.CCOC(=O)C1(C(=O)NC(CCCCN(C)C)C(=O)Nc2ccc(COC)cc2)CCC1. The highest BCUT2D eigenvalue weighted by atomic mass is 16.6. The number of nitrogens with one attached hydrogen (secondary N) is 5. The molecule has 2 atom stereocenters. The molecule has 8 rings (SSSR count). The summed E-state index contributed by atoms with van der Waals surface area (Å²) < 4.78 is 21.5. The van der Waals surface area contributed by atoms with Gasteiger partial charge in [-0.2, -0.15) is 0 Å². The predicted molar refractivity (Wildman–Crippen MR) is 315 cm³/mol. The maximum absolute atomic E-state index is 13.1. The number of para-hydroxylation sites is 1. The number of pyridine rings is 1. The van der Waals surface area contributed by atoms with Crippen LogP contribution in [0.2, 0.25) is 0 Å². The molecule has 4 heterocycles. The number of aliphatic hydroxyl groups is 1. The zero-order valence-electron chi connectivity index (χ0n) is 49.5. The third-order valence-electron chi connectivity index (χ3n) is 15.0. The van der Waals surface area contributed by atoms with Gasteiger partial charge >= 0.3 is 12.1 Å². The number of benzene rings is 2. The number of ether oxygens (including phenoxy) is 4.